The standard InChI is InChI=1S/C20H25N3O3/c1-16-14-20(26-13-10-23(24)8-11-25-12-9-23)21-22(16)19-7-6-17-4-2-3-5-18(17)15-19/h3,5-7,14-15H,2,4,8-13H2,1H3. The molecule has 0 unspecified atom stereocenters. The molecule has 1 aromatic carbocycles. The number of ether oxygens (including phenoxy) is 2. The maximum Gasteiger partial charge on any atom is 0.233 e. The summed E-state index contributed by atoms with van der Waals surface area (Å²) in [5.41, 5.74) is 4.68. The fourth-order valence-electron chi connectivity index (χ4n) is 3.54. The Bertz CT molecular complexity index is 807. The minimum atomic E-state index is -0.239. The zero-order valence-corrected chi connectivity index (χ0v) is 15.2. The van der Waals surface area contributed by atoms with Crippen LogP contribution in [0.5, 0.6) is 5.88 Å². The molecule has 6 nitrogen and oxygen atoms in total. The lowest BCUT2D eigenvalue weighted by molar-refractivity contribution is -0.888. The van der Waals surface area contributed by atoms with Crippen LogP contribution in [0, 0.1) is 12.1 Å². The number of benzene rings is 1. The van der Waals surface area contributed by atoms with Crippen molar-refractivity contribution in [3.05, 3.63) is 52.4 Å². The van der Waals surface area contributed by atoms with Gasteiger partial charge in [0.2, 0.25) is 5.88 Å². The molecule has 0 amide bonds. The van der Waals surface area contributed by atoms with Crippen molar-refractivity contribution in [3.8, 4) is 11.6 Å². The fraction of sp³-hybridized carbons (Fsp3) is 0.450. The van der Waals surface area contributed by atoms with E-state index in [9.17, 15) is 5.21 Å². The van der Waals surface area contributed by atoms with Gasteiger partial charge in [0.25, 0.3) is 0 Å². The highest BCUT2D eigenvalue weighted by atomic mass is 16.6. The van der Waals surface area contributed by atoms with Gasteiger partial charge in [-0.15, -0.1) is 5.10 Å². The van der Waals surface area contributed by atoms with E-state index in [1.807, 2.05) is 17.7 Å². The van der Waals surface area contributed by atoms with Crippen LogP contribution >= 0.6 is 0 Å². The summed E-state index contributed by atoms with van der Waals surface area (Å²) < 4.78 is 12.7. The van der Waals surface area contributed by atoms with Gasteiger partial charge in [-0.25, -0.2) is 4.68 Å². The lowest BCUT2D eigenvalue weighted by Crippen LogP contribution is -2.52. The topological polar surface area (TPSA) is 59.3 Å². The highest BCUT2D eigenvalue weighted by molar-refractivity contribution is 5.59. The van der Waals surface area contributed by atoms with Gasteiger partial charge >= 0.3 is 0 Å². The largest absolute Gasteiger partial charge is 0.633 e. The third kappa shape index (κ3) is 3.67. The number of rotatable bonds is 5. The number of fused-ring (bicyclic) bond motifs is 1. The van der Waals surface area contributed by atoms with Gasteiger partial charge in [0.05, 0.1) is 18.9 Å². The molecule has 26 heavy (non-hydrogen) atoms. The van der Waals surface area contributed by atoms with Gasteiger partial charge in [-0.2, -0.15) is 0 Å². The molecule has 2 aromatic rings. The molecule has 0 atom stereocenters. The molecule has 1 aliphatic heterocycles. The Morgan fingerprint density at radius 2 is 2.12 bits per heavy atom. The van der Waals surface area contributed by atoms with Crippen molar-refractivity contribution in [2.45, 2.75) is 19.8 Å². The minimum Gasteiger partial charge on any atom is -0.633 e. The molecule has 0 radical (unpaired) electrons. The van der Waals surface area contributed by atoms with Crippen LogP contribution in [0.3, 0.4) is 0 Å². The van der Waals surface area contributed by atoms with Crippen molar-refractivity contribution in [2.75, 3.05) is 39.5 Å². The first kappa shape index (κ1) is 17.3. The predicted octanol–water partition coefficient (Wildman–Crippen LogP) is 2.86. The van der Waals surface area contributed by atoms with E-state index in [-0.39, 0.29) is 4.65 Å². The minimum absolute atomic E-state index is 0.239. The van der Waals surface area contributed by atoms with E-state index in [1.54, 1.807) is 0 Å². The van der Waals surface area contributed by atoms with Crippen molar-refractivity contribution in [1.29, 1.82) is 0 Å². The van der Waals surface area contributed by atoms with Crippen LogP contribution in [0.15, 0.2) is 30.3 Å². The molecular weight excluding hydrogens is 330 g/mol. The van der Waals surface area contributed by atoms with E-state index in [0.29, 0.717) is 45.3 Å². The molecule has 1 aliphatic carbocycles. The molecule has 2 heterocycles. The number of hydrogen-bond donors (Lipinski definition) is 0. The second kappa shape index (κ2) is 7.23. The average Bonchev–Trinajstić information content (AvgIpc) is 3.02. The zero-order valence-electron chi connectivity index (χ0n) is 15.2. The fourth-order valence-corrected chi connectivity index (χ4v) is 3.54. The van der Waals surface area contributed by atoms with E-state index in [1.165, 1.54) is 11.1 Å². The van der Waals surface area contributed by atoms with Crippen LogP contribution in [-0.4, -0.2) is 53.9 Å². The van der Waals surface area contributed by atoms with Crippen molar-refractivity contribution in [1.82, 2.24) is 9.78 Å². The summed E-state index contributed by atoms with van der Waals surface area (Å²) in [6.45, 7) is 4.87. The third-order valence-electron chi connectivity index (χ3n) is 5.15. The van der Waals surface area contributed by atoms with Crippen LogP contribution in [-0.2, 0) is 11.2 Å². The summed E-state index contributed by atoms with van der Waals surface area (Å²) in [5.74, 6) is 0.565. The van der Waals surface area contributed by atoms with Gasteiger partial charge in [-0.1, -0.05) is 18.2 Å². The van der Waals surface area contributed by atoms with Crippen LogP contribution in [0.1, 0.15) is 23.2 Å². The highest BCUT2D eigenvalue weighted by Gasteiger charge is 2.21. The first-order valence-electron chi connectivity index (χ1n) is 9.27. The zero-order chi connectivity index (χ0) is 18.0. The molecule has 4 rings (SSSR count). The van der Waals surface area contributed by atoms with Crippen LogP contribution in [0.2, 0.25) is 0 Å². The van der Waals surface area contributed by atoms with Crippen molar-refractivity contribution in [2.24, 2.45) is 0 Å². The molecule has 1 fully saturated rings. The van der Waals surface area contributed by atoms with Crippen molar-refractivity contribution >= 4 is 6.08 Å². The maximum atomic E-state index is 12.5. The van der Waals surface area contributed by atoms with Crippen molar-refractivity contribution < 1.29 is 14.1 Å². The maximum absolute atomic E-state index is 12.5. The van der Waals surface area contributed by atoms with Gasteiger partial charge in [-0.3, -0.25) is 0 Å². The van der Waals surface area contributed by atoms with E-state index >= 15 is 0 Å². The third-order valence-corrected chi connectivity index (χ3v) is 5.15. The summed E-state index contributed by atoms with van der Waals surface area (Å²) in [5, 5.41) is 17.1. The Morgan fingerprint density at radius 1 is 1.27 bits per heavy atom. The van der Waals surface area contributed by atoms with E-state index in [4.69, 9.17) is 9.47 Å². The first-order chi connectivity index (χ1) is 12.6. The molecule has 0 spiro atoms. The number of hydrogen-bond acceptors (Lipinski definition) is 4. The number of allylic oxidation sites excluding steroid dienone is 1. The normalized spacial score (nSPS) is 18.5. The SMILES string of the molecule is Cc1cc(OCC[N+]2([O-])CCOCC2)nn1-c1ccc2c(c1)C=CCC2. The van der Waals surface area contributed by atoms with Crippen LogP contribution in [0.4, 0.5) is 0 Å². The smallest absolute Gasteiger partial charge is 0.233 e. The Kier molecular flexibility index (Phi) is 4.80. The van der Waals surface area contributed by atoms with Crippen LogP contribution in [0.25, 0.3) is 11.8 Å². The Labute approximate surface area is 153 Å². The van der Waals surface area contributed by atoms with Crippen LogP contribution < -0.4 is 4.74 Å². The van der Waals surface area contributed by atoms with Gasteiger partial charge in [-0.05, 0) is 43.0 Å². The number of morpholine rings is 1. The molecule has 1 saturated heterocycles. The Hall–Kier alpha value is -2.15. The van der Waals surface area contributed by atoms with Crippen molar-refractivity contribution in [3.63, 3.8) is 0 Å². The summed E-state index contributed by atoms with van der Waals surface area (Å²) in [4.78, 5) is 0. The molecular formula is C20H25N3O3. The Morgan fingerprint density at radius 3 is 2.96 bits per heavy atom. The van der Waals surface area contributed by atoms with Gasteiger partial charge in [0.15, 0.2) is 0 Å². The molecule has 2 aliphatic rings. The second-order valence-electron chi connectivity index (χ2n) is 7.05. The molecule has 0 N–H and O–H groups in total. The average molecular weight is 355 g/mol. The summed E-state index contributed by atoms with van der Waals surface area (Å²) in [6, 6.07) is 8.37. The second-order valence-corrected chi connectivity index (χ2v) is 7.05. The molecule has 0 saturated carbocycles. The predicted molar refractivity (Wildman–Crippen MR) is 100 cm³/mol. The number of quaternary nitrogens is 1. The number of aryl methyl sites for hydroxylation is 2. The molecule has 6 heteroatoms. The number of hydroxylamine groups is 3. The first-order valence-corrected chi connectivity index (χ1v) is 9.27. The molecule has 1 aromatic heterocycles. The van der Waals surface area contributed by atoms with Gasteiger partial charge in [0, 0.05) is 11.8 Å². The van der Waals surface area contributed by atoms with E-state index in [2.05, 4.69) is 35.4 Å². The molecule has 138 valence electrons. The monoisotopic (exact) mass is 355 g/mol. The lowest BCUT2D eigenvalue weighted by Gasteiger charge is -2.44. The number of aromatic nitrogens is 2. The highest BCUT2D eigenvalue weighted by Crippen LogP contribution is 2.24. The quantitative estimate of drug-likeness (QED) is 0.611. The summed E-state index contributed by atoms with van der Waals surface area (Å²) in [7, 11) is 0. The van der Waals surface area contributed by atoms with Gasteiger partial charge in [0.1, 0.15) is 26.2 Å². The number of nitrogens with zero attached hydrogens (tertiary/aromatic N) is 3. The lowest BCUT2D eigenvalue weighted by atomic mass is 9.97. The summed E-state index contributed by atoms with van der Waals surface area (Å²) >= 11 is 0. The molecule has 0 bridgehead atoms. The van der Waals surface area contributed by atoms with E-state index < -0.39 is 0 Å². The van der Waals surface area contributed by atoms with Gasteiger partial charge < -0.3 is 19.3 Å². The van der Waals surface area contributed by atoms with E-state index in [0.717, 1.165) is 24.2 Å². The summed E-state index contributed by atoms with van der Waals surface area (Å²) in [6.07, 6.45) is 6.59. The Balaban J connectivity index is 1.43.